The van der Waals surface area contributed by atoms with Crippen molar-refractivity contribution in [2.45, 2.75) is 19.5 Å². The Balaban J connectivity index is 2.36. The summed E-state index contributed by atoms with van der Waals surface area (Å²) in [6.07, 6.45) is 1.47. The second-order valence-electron chi connectivity index (χ2n) is 3.59. The Hall–Kier alpha value is -1.27. The molecule has 2 N–H and O–H groups in total. The minimum absolute atomic E-state index is 0.307. The Labute approximate surface area is 107 Å². The number of nitrogens with two attached hydrogens (primary N) is 1. The summed E-state index contributed by atoms with van der Waals surface area (Å²) < 4.78 is 15.2. The van der Waals surface area contributed by atoms with Gasteiger partial charge in [0.25, 0.3) is 0 Å². The van der Waals surface area contributed by atoms with Gasteiger partial charge in [0, 0.05) is 6.54 Å². The molecule has 1 aromatic carbocycles. The van der Waals surface area contributed by atoms with Crippen molar-refractivity contribution in [3.05, 3.63) is 46.2 Å². The molecule has 17 heavy (non-hydrogen) atoms. The summed E-state index contributed by atoms with van der Waals surface area (Å²) in [5.74, 6) is 0.365. The Morgan fingerprint density at radius 2 is 2.29 bits per heavy atom. The first kappa shape index (κ1) is 12.2. The first-order valence-corrected chi connectivity index (χ1v) is 6.01. The highest BCUT2D eigenvalue weighted by atomic mass is 79.9. The van der Waals surface area contributed by atoms with E-state index in [9.17, 15) is 4.39 Å². The molecule has 0 saturated carbocycles. The van der Waals surface area contributed by atoms with Crippen LogP contribution in [0.2, 0.25) is 0 Å². The minimum Gasteiger partial charge on any atom is -0.318 e. The molecule has 90 valence electrons. The fraction of sp³-hybridized carbons (Fsp3) is 0.273. The standard InChI is InChI=1S/C11H12BrFN4/c1-2-17-11(15-6-16-17)10(14)7-3-4-9(13)8(12)5-7/h3-6,10H,2,14H2,1H3. The lowest BCUT2D eigenvalue weighted by Gasteiger charge is -2.12. The number of nitrogens with zero attached hydrogens (tertiary/aromatic N) is 3. The van der Waals surface area contributed by atoms with E-state index in [1.807, 2.05) is 6.92 Å². The van der Waals surface area contributed by atoms with Crippen LogP contribution in [0.25, 0.3) is 0 Å². The maximum Gasteiger partial charge on any atom is 0.148 e. The molecule has 1 heterocycles. The second-order valence-corrected chi connectivity index (χ2v) is 4.44. The summed E-state index contributed by atoms with van der Waals surface area (Å²) in [4.78, 5) is 4.13. The third-order valence-corrected chi connectivity index (χ3v) is 3.13. The third kappa shape index (κ3) is 2.37. The molecular formula is C11H12BrFN4. The topological polar surface area (TPSA) is 56.7 Å². The molecular weight excluding hydrogens is 287 g/mol. The lowest BCUT2D eigenvalue weighted by Crippen LogP contribution is -2.18. The summed E-state index contributed by atoms with van der Waals surface area (Å²) in [6, 6.07) is 4.29. The molecule has 0 saturated heterocycles. The number of benzene rings is 1. The van der Waals surface area contributed by atoms with E-state index in [-0.39, 0.29) is 5.82 Å². The van der Waals surface area contributed by atoms with Gasteiger partial charge in [-0.1, -0.05) is 6.07 Å². The van der Waals surface area contributed by atoms with Crippen LogP contribution in [0.1, 0.15) is 24.4 Å². The maximum atomic E-state index is 13.1. The van der Waals surface area contributed by atoms with Gasteiger partial charge in [0.2, 0.25) is 0 Å². The summed E-state index contributed by atoms with van der Waals surface area (Å²) >= 11 is 3.14. The van der Waals surface area contributed by atoms with E-state index < -0.39 is 6.04 Å². The van der Waals surface area contributed by atoms with Crippen LogP contribution in [0.4, 0.5) is 4.39 Å². The average Bonchev–Trinajstić information content (AvgIpc) is 2.80. The Bertz CT molecular complexity index is 526. The van der Waals surface area contributed by atoms with Gasteiger partial charge in [-0.3, -0.25) is 0 Å². The molecule has 0 aliphatic rings. The van der Waals surface area contributed by atoms with Crippen molar-refractivity contribution in [1.82, 2.24) is 14.8 Å². The van der Waals surface area contributed by atoms with Crippen LogP contribution >= 0.6 is 15.9 Å². The van der Waals surface area contributed by atoms with Gasteiger partial charge in [-0.15, -0.1) is 0 Å². The maximum absolute atomic E-state index is 13.1. The second kappa shape index (κ2) is 4.93. The van der Waals surface area contributed by atoms with Gasteiger partial charge in [0.1, 0.15) is 18.0 Å². The molecule has 2 rings (SSSR count). The molecule has 0 bridgehead atoms. The average molecular weight is 299 g/mol. The SMILES string of the molecule is CCn1ncnc1C(N)c1ccc(F)c(Br)c1. The van der Waals surface area contributed by atoms with E-state index in [0.29, 0.717) is 16.8 Å². The van der Waals surface area contributed by atoms with Crippen LogP contribution in [-0.4, -0.2) is 14.8 Å². The van der Waals surface area contributed by atoms with Gasteiger partial charge in [0.15, 0.2) is 0 Å². The van der Waals surface area contributed by atoms with Crippen LogP contribution in [0, 0.1) is 5.82 Å². The van der Waals surface area contributed by atoms with Crippen molar-refractivity contribution in [2.75, 3.05) is 0 Å². The zero-order chi connectivity index (χ0) is 12.4. The molecule has 6 heteroatoms. The fourth-order valence-corrected chi connectivity index (χ4v) is 2.01. The molecule has 0 radical (unpaired) electrons. The first-order chi connectivity index (χ1) is 8.13. The minimum atomic E-state index is -0.408. The van der Waals surface area contributed by atoms with Gasteiger partial charge in [0.05, 0.1) is 10.5 Å². The van der Waals surface area contributed by atoms with Crippen molar-refractivity contribution in [1.29, 1.82) is 0 Å². The first-order valence-electron chi connectivity index (χ1n) is 5.21. The monoisotopic (exact) mass is 298 g/mol. The van der Waals surface area contributed by atoms with Crippen LogP contribution in [-0.2, 0) is 6.54 Å². The highest BCUT2D eigenvalue weighted by molar-refractivity contribution is 9.10. The van der Waals surface area contributed by atoms with Gasteiger partial charge < -0.3 is 5.73 Å². The number of aromatic nitrogens is 3. The molecule has 0 fully saturated rings. The van der Waals surface area contributed by atoms with Crippen molar-refractivity contribution >= 4 is 15.9 Å². The van der Waals surface area contributed by atoms with E-state index in [2.05, 4.69) is 26.0 Å². The largest absolute Gasteiger partial charge is 0.318 e. The van der Waals surface area contributed by atoms with Crippen LogP contribution in [0.3, 0.4) is 0 Å². The summed E-state index contributed by atoms with van der Waals surface area (Å²) in [6.45, 7) is 2.66. The molecule has 0 aliphatic heterocycles. The van der Waals surface area contributed by atoms with Crippen molar-refractivity contribution < 1.29 is 4.39 Å². The van der Waals surface area contributed by atoms with Crippen molar-refractivity contribution in [3.63, 3.8) is 0 Å². The van der Waals surface area contributed by atoms with Crippen molar-refractivity contribution in [3.8, 4) is 0 Å². The third-order valence-electron chi connectivity index (χ3n) is 2.53. The molecule has 0 amide bonds. The Morgan fingerprint density at radius 3 is 2.94 bits per heavy atom. The predicted molar refractivity (Wildman–Crippen MR) is 65.8 cm³/mol. The van der Waals surface area contributed by atoms with E-state index in [1.165, 1.54) is 12.4 Å². The van der Waals surface area contributed by atoms with Gasteiger partial charge in [-0.05, 0) is 40.5 Å². The lowest BCUT2D eigenvalue weighted by atomic mass is 10.1. The van der Waals surface area contributed by atoms with E-state index in [1.54, 1.807) is 16.8 Å². The normalized spacial score (nSPS) is 12.7. The summed E-state index contributed by atoms with van der Waals surface area (Å²) in [7, 11) is 0. The summed E-state index contributed by atoms with van der Waals surface area (Å²) in [5.41, 5.74) is 6.88. The highest BCUT2D eigenvalue weighted by Gasteiger charge is 2.16. The lowest BCUT2D eigenvalue weighted by molar-refractivity contribution is 0.589. The fourth-order valence-electron chi connectivity index (χ4n) is 1.61. The predicted octanol–water partition coefficient (Wildman–Crippen LogP) is 2.25. The number of hydrogen-bond acceptors (Lipinski definition) is 3. The van der Waals surface area contributed by atoms with Crippen molar-refractivity contribution in [2.24, 2.45) is 5.73 Å². The van der Waals surface area contributed by atoms with Crippen LogP contribution in [0.15, 0.2) is 29.0 Å². The molecule has 0 aliphatic carbocycles. The number of aryl methyl sites for hydroxylation is 1. The molecule has 1 atom stereocenters. The van der Waals surface area contributed by atoms with Gasteiger partial charge in [-0.25, -0.2) is 14.1 Å². The molecule has 4 nitrogen and oxygen atoms in total. The van der Waals surface area contributed by atoms with Gasteiger partial charge in [-0.2, -0.15) is 5.10 Å². The van der Waals surface area contributed by atoms with E-state index >= 15 is 0 Å². The molecule has 1 aromatic heterocycles. The Morgan fingerprint density at radius 1 is 1.53 bits per heavy atom. The highest BCUT2D eigenvalue weighted by Crippen LogP contribution is 2.23. The number of hydrogen-bond donors (Lipinski definition) is 1. The molecule has 0 spiro atoms. The van der Waals surface area contributed by atoms with E-state index in [0.717, 1.165) is 5.56 Å². The zero-order valence-electron chi connectivity index (χ0n) is 9.27. The zero-order valence-corrected chi connectivity index (χ0v) is 10.9. The summed E-state index contributed by atoms with van der Waals surface area (Å²) in [5, 5.41) is 4.06. The Kier molecular flexibility index (Phi) is 3.54. The van der Waals surface area contributed by atoms with Crippen LogP contribution in [0.5, 0.6) is 0 Å². The number of halogens is 2. The molecule has 1 unspecified atom stereocenters. The smallest absolute Gasteiger partial charge is 0.148 e. The van der Waals surface area contributed by atoms with Crippen LogP contribution < -0.4 is 5.73 Å². The van der Waals surface area contributed by atoms with E-state index in [4.69, 9.17) is 5.73 Å². The van der Waals surface area contributed by atoms with Gasteiger partial charge >= 0.3 is 0 Å². The quantitative estimate of drug-likeness (QED) is 0.945. The number of rotatable bonds is 3. The molecule has 2 aromatic rings.